The number of ether oxygens (including phenoxy) is 2. The fourth-order valence-electron chi connectivity index (χ4n) is 3.11. The summed E-state index contributed by atoms with van der Waals surface area (Å²) in [5.74, 6) is 2.58. The third-order valence-corrected chi connectivity index (χ3v) is 4.43. The van der Waals surface area contributed by atoms with Crippen molar-refractivity contribution in [2.45, 2.75) is 13.5 Å². The topological polar surface area (TPSA) is 53.6 Å². The molecule has 0 bridgehead atoms. The van der Waals surface area contributed by atoms with Crippen LogP contribution in [-0.2, 0) is 6.54 Å². The number of para-hydroxylation sites is 1. The van der Waals surface area contributed by atoms with Gasteiger partial charge in [-0.3, -0.25) is 4.90 Å². The number of nitrogens with zero attached hydrogens (tertiary/aromatic N) is 3. The average molecular weight is 356 g/mol. The van der Waals surface area contributed by atoms with Crippen LogP contribution in [0.25, 0.3) is 6.08 Å². The fourth-order valence-corrected chi connectivity index (χ4v) is 3.11. The molecule has 0 radical (unpaired) electrons. The van der Waals surface area contributed by atoms with Crippen molar-refractivity contribution in [3.63, 3.8) is 0 Å². The van der Waals surface area contributed by atoms with Gasteiger partial charge in [0.1, 0.15) is 12.4 Å². The summed E-state index contributed by atoms with van der Waals surface area (Å²) in [6.45, 7) is 6.27. The zero-order valence-corrected chi connectivity index (χ0v) is 16.1. The Balaban J connectivity index is 1.74. The Morgan fingerprint density at radius 1 is 1.23 bits per heavy atom. The maximum atomic E-state index is 5.99. The molecule has 0 unspecified atom stereocenters. The minimum Gasteiger partial charge on any atom is -0.493 e. The highest BCUT2D eigenvalue weighted by molar-refractivity contribution is 5.66. The van der Waals surface area contributed by atoms with E-state index in [1.165, 1.54) is 5.57 Å². The molecular weight excluding hydrogens is 328 g/mol. The maximum Gasteiger partial charge on any atom is 0.168 e. The maximum absolute atomic E-state index is 5.99. The second-order valence-electron chi connectivity index (χ2n) is 6.98. The number of hydrogen-bond acceptors (Lipinski definition) is 5. The van der Waals surface area contributed by atoms with Gasteiger partial charge in [0.25, 0.3) is 0 Å². The van der Waals surface area contributed by atoms with Crippen molar-refractivity contribution >= 4 is 6.08 Å². The molecule has 140 valence electrons. The first-order valence-corrected chi connectivity index (χ1v) is 8.92. The van der Waals surface area contributed by atoms with Gasteiger partial charge in [0.15, 0.2) is 11.5 Å². The predicted molar refractivity (Wildman–Crippen MR) is 104 cm³/mol. The number of methoxy groups -OCH3 is 1. The Labute approximate surface area is 155 Å². The van der Waals surface area contributed by atoms with E-state index in [9.17, 15) is 0 Å². The number of nitrogens with one attached hydrogen (secondary N) is 1. The zero-order valence-electron chi connectivity index (χ0n) is 16.1. The molecule has 2 aromatic rings. The van der Waals surface area contributed by atoms with E-state index in [1.807, 2.05) is 25.3 Å². The van der Waals surface area contributed by atoms with Gasteiger partial charge in [-0.2, -0.15) is 0 Å². The summed E-state index contributed by atoms with van der Waals surface area (Å²) in [6, 6.07) is 6.00. The van der Waals surface area contributed by atoms with Crippen molar-refractivity contribution in [3.8, 4) is 11.5 Å². The van der Waals surface area contributed by atoms with Gasteiger partial charge in [0, 0.05) is 43.6 Å². The predicted octanol–water partition coefficient (Wildman–Crippen LogP) is 2.57. The summed E-state index contributed by atoms with van der Waals surface area (Å²) < 4.78 is 11.4. The number of fused-ring (bicyclic) bond motifs is 1. The third kappa shape index (κ3) is 4.65. The van der Waals surface area contributed by atoms with E-state index in [-0.39, 0.29) is 0 Å². The lowest BCUT2D eigenvalue weighted by molar-refractivity contribution is 0.235. The van der Waals surface area contributed by atoms with Gasteiger partial charge in [0.2, 0.25) is 0 Å². The van der Waals surface area contributed by atoms with Gasteiger partial charge in [-0.1, -0.05) is 12.1 Å². The molecule has 0 amide bonds. The SMILES string of the molecule is COc1cccc2c1OCC(CN(CCN(C)C)Cc1cnc(C)[nH]1)=C2. The molecule has 1 aliphatic rings. The Bertz CT molecular complexity index is 767. The minimum absolute atomic E-state index is 0.591. The number of rotatable bonds is 8. The van der Waals surface area contributed by atoms with Crippen LogP contribution in [0.3, 0.4) is 0 Å². The lowest BCUT2D eigenvalue weighted by atomic mass is 10.1. The second-order valence-corrected chi connectivity index (χ2v) is 6.98. The number of aromatic nitrogens is 2. The molecular formula is C20H28N4O2. The number of aryl methyl sites for hydroxylation is 1. The molecule has 3 rings (SSSR count). The van der Waals surface area contributed by atoms with Gasteiger partial charge in [-0.15, -0.1) is 0 Å². The van der Waals surface area contributed by atoms with Crippen LogP contribution in [-0.4, -0.2) is 67.2 Å². The van der Waals surface area contributed by atoms with E-state index in [1.54, 1.807) is 7.11 Å². The standard InChI is InChI=1S/C20H28N4O2/c1-15-21-11-18(22-15)13-24(9-8-23(2)3)12-16-10-17-6-5-7-19(25-4)20(17)26-14-16/h5-7,10-11H,8-9,12-14H2,1-4H3,(H,21,22). The number of H-pyrrole nitrogens is 1. The Hall–Kier alpha value is -2.31. The molecule has 6 nitrogen and oxygen atoms in total. The van der Waals surface area contributed by atoms with Crippen LogP contribution in [0.5, 0.6) is 11.5 Å². The first kappa shape index (κ1) is 18.5. The van der Waals surface area contributed by atoms with E-state index in [4.69, 9.17) is 9.47 Å². The summed E-state index contributed by atoms with van der Waals surface area (Å²) in [6.07, 6.45) is 4.14. The summed E-state index contributed by atoms with van der Waals surface area (Å²) in [7, 11) is 5.88. The minimum atomic E-state index is 0.591. The first-order valence-electron chi connectivity index (χ1n) is 8.92. The molecule has 6 heteroatoms. The smallest absolute Gasteiger partial charge is 0.168 e. The molecule has 26 heavy (non-hydrogen) atoms. The highest BCUT2D eigenvalue weighted by Crippen LogP contribution is 2.35. The van der Waals surface area contributed by atoms with E-state index in [0.29, 0.717) is 6.61 Å². The Morgan fingerprint density at radius 2 is 2.08 bits per heavy atom. The van der Waals surface area contributed by atoms with Gasteiger partial charge < -0.3 is 19.4 Å². The van der Waals surface area contributed by atoms with Crippen molar-refractivity contribution in [1.29, 1.82) is 0 Å². The summed E-state index contributed by atoms with van der Waals surface area (Å²) in [5, 5.41) is 0. The zero-order chi connectivity index (χ0) is 18.5. The molecule has 0 saturated carbocycles. The molecule has 0 spiro atoms. The second kappa shape index (κ2) is 8.38. The molecule has 1 aliphatic heterocycles. The van der Waals surface area contributed by atoms with Crippen LogP contribution in [0.4, 0.5) is 0 Å². The fraction of sp³-hybridized carbons (Fsp3) is 0.450. The van der Waals surface area contributed by atoms with Crippen molar-refractivity contribution in [2.75, 3.05) is 47.4 Å². The number of aromatic amines is 1. The molecule has 2 heterocycles. The highest BCUT2D eigenvalue weighted by Gasteiger charge is 2.18. The monoisotopic (exact) mass is 356 g/mol. The number of benzene rings is 1. The molecule has 1 aromatic heterocycles. The first-order chi connectivity index (χ1) is 12.5. The number of hydrogen-bond donors (Lipinski definition) is 1. The molecule has 1 N–H and O–H groups in total. The summed E-state index contributed by atoms with van der Waals surface area (Å²) in [5.41, 5.74) is 3.48. The molecule has 0 fully saturated rings. The van der Waals surface area contributed by atoms with E-state index in [0.717, 1.165) is 54.8 Å². The van der Waals surface area contributed by atoms with Gasteiger partial charge in [0.05, 0.1) is 7.11 Å². The van der Waals surface area contributed by atoms with Crippen LogP contribution in [0.2, 0.25) is 0 Å². The van der Waals surface area contributed by atoms with Crippen molar-refractivity contribution in [3.05, 3.63) is 47.1 Å². The number of likely N-dealkylation sites (N-methyl/N-ethyl adjacent to an activating group) is 1. The van der Waals surface area contributed by atoms with Crippen LogP contribution >= 0.6 is 0 Å². The Kier molecular flexibility index (Phi) is 5.96. The van der Waals surface area contributed by atoms with Crippen molar-refractivity contribution < 1.29 is 9.47 Å². The van der Waals surface area contributed by atoms with Crippen LogP contribution in [0.1, 0.15) is 17.1 Å². The van der Waals surface area contributed by atoms with E-state index >= 15 is 0 Å². The quantitative estimate of drug-likeness (QED) is 0.788. The largest absolute Gasteiger partial charge is 0.493 e. The van der Waals surface area contributed by atoms with Crippen LogP contribution in [0, 0.1) is 6.92 Å². The molecule has 0 atom stereocenters. The molecule has 0 aliphatic carbocycles. The van der Waals surface area contributed by atoms with E-state index < -0.39 is 0 Å². The lowest BCUT2D eigenvalue weighted by Crippen LogP contribution is -2.34. The summed E-state index contributed by atoms with van der Waals surface area (Å²) >= 11 is 0. The molecule has 0 saturated heterocycles. The van der Waals surface area contributed by atoms with Gasteiger partial charge in [-0.25, -0.2) is 4.98 Å². The van der Waals surface area contributed by atoms with Crippen molar-refractivity contribution in [1.82, 2.24) is 19.8 Å². The van der Waals surface area contributed by atoms with Crippen LogP contribution < -0.4 is 9.47 Å². The highest BCUT2D eigenvalue weighted by atomic mass is 16.5. The average Bonchev–Trinajstić information content (AvgIpc) is 3.03. The summed E-state index contributed by atoms with van der Waals surface area (Å²) in [4.78, 5) is 12.3. The Morgan fingerprint density at radius 3 is 2.77 bits per heavy atom. The van der Waals surface area contributed by atoms with E-state index in [2.05, 4.69) is 46.0 Å². The molecule has 1 aromatic carbocycles. The van der Waals surface area contributed by atoms with Gasteiger partial charge in [-0.05, 0) is 38.7 Å². The normalized spacial score (nSPS) is 13.5. The number of imidazole rings is 1. The van der Waals surface area contributed by atoms with Crippen LogP contribution in [0.15, 0.2) is 30.0 Å². The van der Waals surface area contributed by atoms with Crippen molar-refractivity contribution in [2.24, 2.45) is 0 Å². The lowest BCUT2D eigenvalue weighted by Gasteiger charge is -2.27. The third-order valence-electron chi connectivity index (χ3n) is 4.43. The van der Waals surface area contributed by atoms with Gasteiger partial charge >= 0.3 is 0 Å².